The van der Waals surface area contributed by atoms with Crippen molar-refractivity contribution in [1.82, 2.24) is 5.32 Å². The van der Waals surface area contributed by atoms with Crippen LogP contribution in [0.15, 0.2) is 60.7 Å². The molecule has 1 saturated heterocycles. The van der Waals surface area contributed by atoms with Crippen LogP contribution in [0, 0.1) is 5.92 Å². The highest BCUT2D eigenvalue weighted by Crippen LogP contribution is 2.50. The average molecular weight is 453 g/mol. The number of hydrogen-bond acceptors (Lipinski definition) is 8. The number of ether oxygens (including phenoxy) is 3. The van der Waals surface area contributed by atoms with Crippen molar-refractivity contribution in [2.75, 3.05) is 20.3 Å². The minimum atomic E-state index is -2.05. The van der Waals surface area contributed by atoms with Crippen LogP contribution in [0.3, 0.4) is 0 Å². The van der Waals surface area contributed by atoms with E-state index in [1.807, 2.05) is 0 Å². The number of methoxy groups -OCH3 is 1. The molecule has 3 atom stereocenters. The Morgan fingerprint density at radius 3 is 1.76 bits per heavy atom. The summed E-state index contributed by atoms with van der Waals surface area (Å²) in [5, 5.41) is 3.07. The van der Waals surface area contributed by atoms with Crippen molar-refractivity contribution >= 4 is 23.7 Å². The molecular formula is C25H27NO7. The van der Waals surface area contributed by atoms with Crippen LogP contribution < -0.4 is 5.32 Å². The molecule has 1 aliphatic rings. The third-order valence-electron chi connectivity index (χ3n) is 5.77. The quantitative estimate of drug-likeness (QED) is 0.281. The van der Waals surface area contributed by atoms with Crippen LogP contribution in [0.5, 0.6) is 0 Å². The Morgan fingerprint density at radius 1 is 0.818 bits per heavy atom. The lowest BCUT2D eigenvalue weighted by molar-refractivity contribution is -0.167. The van der Waals surface area contributed by atoms with Crippen molar-refractivity contribution in [2.24, 2.45) is 5.92 Å². The van der Waals surface area contributed by atoms with Gasteiger partial charge < -0.3 is 14.2 Å². The third-order valence-corrected chi connectivity index (χ3v) is 5.77. The van der Waals surface area contributed by atoms with Gasteiger partial charge >= 0.3 is 17.9 Å². The molecule has 0 spiro atoms. The predicted molar refractivity (Wildman–Crippen MR) is 118 cm³/mol. The fraction of sp³-hybridized carbons (Fsp3) is 0.360. The van der Waals surface area contributed by atoms with Gasteiger partial charge in [0, 0.05) is 12.0 Å². The Hall–Kier alpha value is -3.52. The van der Waals surface area contributed by atoms with Gasteiger partial charge in [-0.3, -0.25) is 10.1 Å². The summed E-state index contributed by atoms with van der Waals surface area (Å²) in [7, 11) is 1.11. The summed E-state index contributed by atoms with van der Waals surface area (Å²) >= 11 is 0. The molecule has 174 valence electrons. The summed E-state index contributed by atoms with van der Waals surface area (Å²) < 4.78 is 15.4. The first kappa shape index (κ1) is 24.1. The molecule has 1 fully saturated rings. The van der Waals surface area contributed by atoms with E-state index >= 15 is 0 Å². The molecule has 0 aromatic heterocycles. The molecule has 8 nitrogen and oxygen atoms in total. The van der Waals surface area contributed by atoms with Gasteiger partial charge in [-0.1, -0.05) is 60.7 Å². The normalized spacial score (nSPS) is 21.1. The lowest BCUT2D eigenvalue weighted by Crippen LogP contribution is -2.59. The number of ketones is 1. The molecule has 0 aliphatic carbocycles. The smallest absolute Gasteiger partial charge is 0.374 e. The van der Waals surface area contributed by atoms with Crippen molar-refractivity contribution in [3.05, 3.63) is 71.8 Å². The molecule has 33 heavy (non-hydrogen) atoms. The zero-order chi connectivity index (χ0) is 24.0. The summed E-state index contributed by atoms with van der Waals surface area (Å²) in [4.78, 5) is 52.7. The average Bonchev–Trinajstić information content (AvgIpc) is 3.22. The van der Waals surface area contributed by atoms with Gasteiger partial charge in [-0.2, -0.15) is 0 Å². The fourth-order valence-electron chi connectivity index (χ4n) is 4.44. The summed E-state index contributed by atoms with van der Waals surface area (Å²) in [5.74, 6) is -5.91. The molecule has 2 aromatic rings. The number of esters is 3. The molecule has 8 heteroatoms. The molecule has 0 saturated carbocycles. The maximum Gasteiger partial charge on any atom is 0.374 e. The predicted octanol–water partition coefficient (Wildman–Crippen LogP) is 2.34. The van der Waals surface area contributed by atoms with Gasteiger partial charge in [0.1, 0.15) is 0 Å². The van der Waals surface area contributed by atoms with Crippen LogP contribution in [0.25, 0.3) is 0 Å². The minimum absolute atomic E-state index is 0.00873. The van der Waals surface area contributed by atoms with Crippen LogP contribution >= 0.6 is 0 Å². The molecule has 1 N–H and O–H groups in total. The molecule has 0 bridgehead atoms. The van der Waals surface area contributed by atoms with Gasteiger partial charge in [-0.05, 0) is 25.0 Å². The molecule has 2 aromatic carbocycles. The highest BCUT2D eigenvalue weighted by Gasteiger charge is 2.67. The highest BCUT2D eigenvalue weighted by atomic mass is 16.6. The van der Waals surface area contributed by atoms with E-state index in [9.17, 15) is 19.2 Å². The van der Waals surface area contributed by atoms with Crippen LogP contribution in [0.2, 0.25) is 0 Å². The molecule has 3 rings (SSSR count). The summed E-state index contributed by atoms with van der Waals surface area (Å²) in [6.45, 7) is 3.26. The number of carbonyl (C=O) groups excluding carboxylic acids is 4. The van der Waals surface area contributed by atoms with Crippen molar-refractivity contribution in [3.8, 4) is 0 Å². The molecule has 1 heterocycles. The van der Waals surface area contributed by atoms with Gasteiger partial charge in [0.15, 0.2) is 0 Å². The molecule has 1 aliphatic heterocycles. The number of hydrogen-bond donors (Lipinski definition) is 1. The second kappa shape index (κ2) is 10.4. The lowest BCUT2D eigenvalue weighted by atomic mass is 9.72. The molecular weight excluding hydrogens is 426 g/mol. The lowest BCUT2D eigenvalue weighted by Gasteiger charge is -2.32. The monoisotopic (exact) mass is 453 g/mol. The molecule has 0 radical (unpaired) electrons. The van der Waals surface area contributed by atoms with Crippen LogP contribution in [0.1, 0.15) is 36.9 Å². The van der Waals surface area contributed by atoms with E-state index in [1.165, 1.54) is 0 Å². The van der Waals surface area contributed by atoms with E-state index in [-0.39, 0.29) is 13.2 Å². The number of carbonyl (C=O) groups is 4. The van der Waals surface area contributed by atoms with E-state index in [2.05, 4.69) is 5.32 Å². The van der Waals surface area contributed by atoms with Gasteiger partial charge in [-0.25, -0.2) is 14.4 Å². The van der Waals surface area contributed by atoms with E-state index in [4.69, 9.17) is 14.2 Å². The standard InChI is InChI=1S/C25H27NO7/c1-4-32-23(29)25(24(30)33-5-2)19(16-12-8-6-9-13-16)18(21(27)22(28)31-3)20(26-25)17-14-10-7-11-15-17/h6-15,18-20,26H,4-5H2,1-3H3/t18-,19-,20-/m1/s1. The summed E-state index contributed by atoms with van der Waals surface area (Å²) in [5.41, 5.74) is -0.926. The van der Waals surface area contributed by atoms with Gasteiger partial charge in [0.05, 0.1) is 26.2 Å². The Kier molecular flexibility index (Phi) is 7.60. The number of rotatable bonds is 8. The van der Waals surface area contributed by atoms with E-state index in [0.717, 1.165) is 7.11 Å². The van der Waals surface area contributed by atoms with Crippen LogP contribution in [0.4, 0.5) is 0 Å². The van der Waals surface area contributed by atoms with Crippen LogP contribution in [-0.4, -0.2) is 49.6 Å². The van der Waals surface area contributed by atoms with E-state index in [0.29, 0.717) is 11.1 Å². The maximum absolute atomic E-state index is 13.4. The topological polar surface area (TPSA) is 108 Å². The number of benzene rings is 2. The Labute approximate surface area is 192 Å². The summed E-state index contributed by atoms with van der Waals surface area (Å²) in [6, 6.07) is 16.6. The largest absolute Gasteiger partial charge is 0.464 e. The highest BCUT2D eigenvalue weighted by molar-refractivity contribution is 6.35. The second-order valence-corrected chi connectivity index (χ2v) is 7.55. The second-order valence-electron chi connectivity index (χ2n) is 7.55. The van der Waals surface area contributed by atoms with E-state index in [1.54, 1.807) is 74.5 Å². The number of nitrogens with one attached hydrogen (secondary N) is 1. The van der Waals surface area contributed by atoms with Gasteiger partial charge in [0.25, 0.3) is 0 Å². The first-order valence-electron chi connectivity index (χ1n) is 10.8. The zero-order valence-corrected chi connectivity index (χ0v) is 18.8. The van der Waals surface area contributed by atoms with Crippen molar-refractivity contribution < 1.29 is 33.4 Å². The number of Topliss-reactive ketones (excluding diaryl/α,β-unsaturated/α-hetero) is 1. The van der Waals surface area contributed by atoms with Gasteiger partial charge in [-0.15, -0.1) is 0 Å². The Morgan fingerprint density at radius 2 is 1.30 bits per heavy atom. The zero-order valence-electron chi connectivity index (χ0n) is 18.8. The third kappa shape index (κ3) is 4.39. The first-order chi connectivity index (χ1) is 15.9. The maximum atomic E-state index is 13.4. The summed E-state index contributed by atoms with van der Waals surface area (Å²) in [6.07, 6.45) is 0. The SMILES string of the molecule is CCOC(=O)C1(C(=O)OCC)N[C@H](c2ccccc2)[C@H](C(=O)C(=O)OC)[C@H]1c1ccccc1. The fourth-order valence-corrected chi connectivity index (χ4v) is 4.44. The van der Waals surface area contributed by atoms with Crippen molar-refractivity contribution in [3.63, 3.8) is 0 Å². The molecule has 0 unspecified atom stereocenters. The Balaban J connectivity index is 2.32. The molecule has 0 amide bonds. The van der Waals surface area contributed by atoms with E-state index < -0.39 is 47.1 Å². The van der Waals surface area contributed by atoms with Crippen molar-refractivity contribution in [2.45, 2.75) is 31.3 Å². The Bertz CT molecular complexity index is 988. The van der Waals surface area contributed by atoms with Crippen LogP contribution in [-0.2, 0) is 33.4 Å². The first-order valence-corrected chi connectivity index (χ1v) is 10.8. The minimum Gasteiger partial charge on any atom is -0.464 e. The van der Waals surface area contributed by atoms with Gasteiger partial charge in [0.2, 0.25) is 11.3 Å². The van der Waals surface area contributed by atoms with Crippen molar-refractivity contribution in [1.29, 1.82) is 0 Å².